The van der Waals surface area contributed by atoms with Crippen LogP contribution in [0.4, 0.5) is 0 Å². The van der Waals surface area contributed by atoms with Gasteiger partial charge in [-0.25, -0.2) is 0 Å². The van der Waals surface area contributed by atoms with E-state index in [-0.39, 0.29) is 17.4 Å². The second-order valence-electron chi connectivity index (χ2n) is 5.80. The number of carbonyl (C=O) groups excluding carboxylic acids is 1. The summed E-state index contributed by atoms with van der Waals surface area (Å²) in [7, 11) is 1.94. The van der Waals surface area contributed by atoms with Gasteiger partial charge in [0.15, 0.2) is 0 Å². The average Bonchev–Trinajstić information content (AvgIpc) is 2.56. The SMILES string of the molecule is CNC1CCN(C(=O)C(N)C(C)(C)C)C1C. The van der Waals surface area contributed by atoms with Gasteiger partial charge in [-0.15, -0.1) is 0 Å². The van der Waals surface area contributed by atoms with Crippen molar-refractivity contribution < 1.29 is 4.79 Å². The van der Waals surface area contributed by atoms with Crippen LogP contribution in [0.1, 0.15) is 34.1 Å². The summed E-state index contributed by atoms with van der Waals surface area (Å²) in [5, 5.41) is 3.24. The van der Waals surface area contributed by atoms with Gasteiger partial charge >= 0.3 is 0 Å². The predicted molar refractivity (Wildman–Crippen MR) is 66.1 cm³/mol. The van der Waals surface area contributed by atoms with E-state index in [1.54, 1.807) is 0 Å². The number of nitrogens with one attached hydrogen (secondary N) is 1. The Hall–Kier alpha value is -0.610. The number of nitrogens with two attached hydrogens (primary N) is 1. The first kappa shape index (κ1) is 13.5. The number of likely N-dealkylation sites (tertiary alicyclic amines) is 1. The highest BCUT2D eigenvalue weighted by Crippen LogP contribution is 2.24. The molecule has 0 aromatic rings. The fraction of sp³-hybridized carbons (Fsp3) is 0.917. The average molecular weight is 227 g/mol. The van der Waals surface area contributed by atoms with E-state index in [1.165, 1.54) is 0 Å². The molecule has 1 amide bonds. The maximum absolute atomic E-state index is 12.2. The Morgan fingerprint density at radius 1 is 1.50 bits per heavy atom. The molecule has 3 N–H and O–H groups in total. The van der Waals surface area contributed by atoms with Gasteiger partial charge in [-0.2, -0.15) is 0 Å². The lowest BCUT2D eigenvalue weighted by Gasteiger charge is -2.32. The van der Waals surface area contributed by atoms with Crippen LogP contribution in [0.3, 0.4) is 0 Å². The molecule has 0 spiro atoms. The molecule has 1 heterocycles. The zero-order valence-corrected chi connectivity index (χ0v) is 11.1. The molecule has 0 aromatic carbocycles. The molecule has 1 saturated heterocycles. The van der Waals surface area contributed by atoms with Gasteiger partial charge in [0.1, 0.15) is 0 Å². The van der Waals surface area contributed by atoms with Crippen LogP contribution in [-0.4, -0.2) is 42.5 Å². The number of amides is 1. The van der Waals surface area contributed by atoms with E-state index in [1.807, 2.05) is 32.7 Å². The number of nitrogens with zero attached hydrogens (tertiary/aromatic N) is 1. The van der Waals surface area contributed by atoms with E-state index in [0.29, 0.717) is 6.04 Å². The Labute approximate surface area is 98.6 Å². The highest BCUT2D eigenvalue weighted by molar-refractivity contribution is 5.83. The Bertz CT molecular complexity index is 259. The van der Waals surface area contributed by atoms with Crippen molar-refractivity contribution in [1.82, 2.24) is 10.2 Å². The van der Waals surface area contributed by atoms with E-state index in [9.17, 15) is 4.79 Å². The molecule has 0 aromatic heterocycles. The third-order valence-electron chi connectivity index (χ3n) is 3.61. The highest BCUT2D eigenvalue weighted by atomic mass is 16.2. The lowest BCUT2D eigenvalue weighted by Crippen LogP contribution is -2.53. The van der Waals surface area contributed by atoms with Crippen LogP contribution in [0, 0.1) is 5.41 Å². The first-order chi connectivity index (χ1) is 7.29. The summed E-state index contributed by atoms with van der Waals surface area (Å²) in [5.41, 5.74) is 5.84. The molecule has 1 aliphatic heterocycles. The van der Waals surface area contributed by atoms with E-state index < -0.39 is 6.04 Å². The second kappa shape index (κ2) is 4.72. The van der Waals surface area contributed by atoms with Gasteiger partial charge < -0.3 is 16.0 Å². The molecule has 0 aliphatic carbocycles. The molecule has 16 heavy (non-hydrogen) atoms. The van der Waals surface area contributed by atoms with Gasteiger partial charge in [-0.1, -0.05) is 20.8 Å². The normalized spacial score (nSPS) is 28.2. The largest absolute Gasteiger partial charge is 0.337 e. The summed E-state index contributed by atoms with van der Waals surface area (Å²) in [6.07, 6.45) is 1.01. The molecule has 3 unspecified atom stereocenters. The molecule has 94 valence electrons. The summed E-state index contributed by atoms with van der Waals surface area (Å²) in [4.78, 5) is 14.2. The van der Waals surface area contributed by atoms with Crippen LogP contribution in [0.5, 0.6) is 0 Å². The van der Waals surface area contributed by atoms with Crippen LogP contribution in [0.15, 0.2) is 0 Å². The van der Waals surface area contributed by atoms with Crippen molar-refractivity contribution in [2.45, 2.75) is 52.2 Å². The minimum Gasteiger partial charge on any atom is -0.337 e. The molecule has 0 saturated carbocycles. The zero-order chi connectivity index (χ0) is 12.5. The number of rotatable bonds is 2. The topological polar surface area (TPSA) is 58.4 Å². The highest BCUT2D eigenvalue weighted by Gasteiger charge is 2.38. The predicted octanol–water partition coefficient (Wildman–Crippen LogP) is 0.569. The molecule has 3 atom stereocenters. The number of hydrogen-bond acceptors (Lipinski definition) is 3. The maximum Gasteiger partial charge on any atom is 0.240 e. The van der Waals surface area contributed by atoms with Gasteiger partial charge in [0.25, 0.3) is 0 Å². The molecule has 1 rings (SSSR count). The van der Waals surface area contributed by atoms with Gasteiger partial charge in [-0.05, 0) is 25.8 Å². The van der Waals surface area contributed by atoms with Gasteiger partial charge in [0, 0.05) is 18.6 Å². The minimum absolute atomic E-state index is 0.0813. The van der Waals surface area contributed by atoms with Crippen molar-refractivity contribution in [3.63, 3.8) is 0 Å². The third-order valence-corrected chi connectivity index (χ3v) is 3.61. The summed E-state index contributed by atoms with van der Waals surface area (Å²) in [6, 6.07) is 0.229. The van der Waals surface area contributed by atoms with Gasteiger partial charge in [0.2, 0.25) is 5.91 Å². The van der Waals surface area contributed by atoms with Crippen molar-refractivity contribution in [1.29, 1.82) is 0 Å². The fourth-order valence-electron chi connectivity index (χ4n) is 2.19. The minimum atomic E-state index is -0.412. The van der Waals surface area contributed by atoms with Gasteiger partial charge in [-0.3, -0.25) is 4.79 Å². The molecule has 1 aliphatic rings. The van der Waals surface area contributed by atoms with Crippen molar-refractivity contribution >= 4 is 5.91 Å². The Morgan fingerprint density at radius 2 is 2.06 bits per heavy atom. The smallest absolute Gasteiger partial charge is 0.240 e. The van der Waals surface area contributed by atoms with Crippen LogP contribution >= 0.6 is 0 Å². The molecule has 4 nitrogen and oxygen atoms in total. The summed E-state index contributed by atoms with van der Waals surface area (Å²) in [6.45, 7) is 8.92. The lowest BCUT2D eigenvalue weighted by atomic mass is 9.86. The fourth-order valence-corrected chi connectivity index (χ4v) is 2.19. The first-order valence-electron chi connectivity index (χ1n) is 6.02. The molecule has 0 radical (unpaired) electrons. The lowest BCUT2D eigenvalue weighted by molar-refractivity contribution is -0.135. The van der Waals surface area contributed by atoms with Crippen molar-refractivity contribution in [3.8, 4) is 0 Å². The second-order valence-corrected chi connectivity index (χ2v) is 5.80. The standard InChI is InChI=1S/C12H25N3O/c1-8-9(14-5)6-7-15(8)11(16)10(13)12(2,3)4/h8-10,14H,6-7,13H2,1-5H3. The van der Waals surface area contributed by atoms with Crippen LogP contribution in [0.25, 0.3) is 0 Å². The van der Waals surface area contributed by atoms with Gasteiger partial charge in [0.05, 0.1) is 6.04 Å². The van der Waals surface area contributed by atoms with Crippen molar-refractivity contribution in [2.24, 2.45) is 11.1 Å². The molecule has 4 heteroatoms. The number of likely N-dealkylation sites (N-methyl/N-ethyl adjacent to an activating group) is 1. The summed E-state index contributed by atoms with van der Waals surface area (Å²) < 4.78 is 0. The zero-order valence-electron chi connectivity index (χ0n) is 11.1. The number of hydrogen-bond donors (Lipinski definition) is 2. The Kier molecular flexibility index (Phi) is 3.97. The quantitative estimate of drug-likeness (QED) is 0.725. The molecular formula is C12H25N3O. The third kappa shape index (κ3) is 2.55. The van der Waals surface area contributed by atoms with Crippen molar-refractivity contribution in [2.75, 3.05) is 13.6 Å². The Balaban J connectivity index is 2.69. The molecule has 1 fully saturated rings. The first-order valence-corrected chi connectivity index (χ1v) is 6.02. The van der Waals surface area contributed by atoms with Crippen LogP contribution in [0.2, 0.25) is 0 Å². The van der Waals surface area contributed by atoms with E-state index in [4.69, 9.17) is 5.73 Å². The van der Waals surface area contributed by atoms with E-state index >= 15 is 0 Å². The van der Waals surface area contributed by atoms with E-state index in [0.717, 1.165) is 13.0 Å². The summed E-state index contributed by atoms with van der Waals surface area (Å²) in [5.74, 6) is 0.0813. The Morgan fingerprint density at radius 3 is 2.44 bits per heavy atom. The van der Waals surface area contributed by atoms with E-state index in [2.05, 4.69) is 12.2 Å². The van der Waals surface area contributed by atoms with Crippen LogP contribution in [-0.2, 0) is 4.79 Å². The maximum atomic E-state index is 12.2. The van der Waals surface area contributed by atoms with Crippen LogP contribution < -0.4 is 11.1 Å². The molecular weight excluding hydrogens is 202 g/mol. The number of carbonyl (C=O) groups is 1. The molecule has 0 bridgehead atoms. The summed E-state index contributed by atoms with van der Waals surface area (Å²) >= 11 is 0. The monoisotopic (exact) mass is 227 g/mol. The van der Waals surface area contributed by atoms with Crippen molar-refractivity contribution in [3.05, 3.63) is 0 Å².